The van der Waals surface area contributed by atoms with Crippen molar-refractivity contribution in [2.24, 2.45) is 0 Å². The summed E-state index contributed by atoms with van der Waals surface area (Å²) in [7, 11) is 0. The smallest absolute Gasteiger partial charge is 0.244 e. The molecule has 0 atom stereocenters. The summed E-state index contributed by atoms with van der Waals surface area (Å²) in [5, 5.41) is 12.2. The number of rotatable bonds is 4. The lowest BCUT2D eigenvalue weighted by Gasteiger charge is -2.21. The van der Waals surface area contributed by atoms with Gasteiger partial charge in [-0.05, 0) is 42.5 Å². The zero-order valence-corrected chi connectivity index (χ0v) is 14.2. The van der Waals surface area contributed by atoms with Crippen LogP contribution in [0, 0.1) is 11.3 Å². The number of carbonyl (C=O) groups is 2. The van der Waals surface area contributed by atoms with Gasteiger partial charge >= 0.3 is 0 Å². The number of nitrogens with zero attached hydrogens (tertiary/aromatic N) is 2. The van der Waals surface area contributed by atoms with Gasteiger partial charge in [-0.3, -0.25) is 9.59 Å². The fraction of sp³-hybridized carbons (Fsp3) is 0.118. The molecule has 2 amide bonds. The highest BCUT2D eigenvalue weighted by Gasteiger charge is 2.16. The van der Waals surface area contributed by atoms with Gasteiger partial charge in [-0.1, -0.05) is 23.2 Å². The maximum absolute atomic E-state index is 12.2. The molecule has 7 heteroatoms. The number of halogens is 2. The largest absolute Gasteiger partial charge is 0.323 e. The molecule has 5 nitrogen and oxygen atoms in total. The number of nitrogens with one attached hydrogen (secondary N) is 1. The first-order valence-electron chi connectivity index (χ1n) is 6.94. The summed E-state index contributed by atoms with van der Waals surface area (Å²) in [6.07, 6.45) is 0. The lowest BCUT2D eigenvalue weighted by Crippen LogP contribution is -2.36. The Kier molecular flexibility index (Phi) is 5.80. The molecule has 2 rings (SSSR count). The van der Waals surface area contributed by atoms with Crippen LogP contribution < -0.4 is 10.2 Å². The lowest BCUT2D eigenvalue weighted by atomic mass is 10.2. The molecule has 0 radical (unpaired) electrons. The van der Waals surface area contributed by atoms with Gasteiger partial charge < -0.3 is 10.2 Å². The van der Waals surface area contributed by atoms with Gasteiger partial charge in [-0.15, -0.1) is 0 Å². The summed E-state index contributed by atoms with van der Waals surface area (Å²) in [6, 6.07) is 13.1. The van der Waals surface area contributed by atoms with Crippen molar-refractivity contribution in [3.8, 4) is 6.07 Å². The summed E-state index contributed by atoms with van der Waals surface area (Å²) in [4.78, 5) is 25.4. The monoisotopic (exact) mass is 361 g/mol. The number of benzene rings is 2. The molecule has 24 heavy (non-hydrogen) atoms. The minimum absolute atomic E-state index is 0.180. The van der Waals surface area contributed by atoms with Crippen LogP contribution in [0.15, 0.2) is 42.5 Å². The van der Waals surface area contributed by atoms with Gasteiger partial charge in [-0.2, -0.15) is 5.26 Å². The number of amides is 2. The lowest BCUT2D eigenvalue weighted by molar-refractivity contribution is -0.120. The third-order valence-electron chi connectivity index (χ3n) is 3.20. The Morgan fingerprint density at radius 2 is 1.83 bits per heavy atom. The third kappa shape index (κ3) is 4.48. The molecule has 0 aromatic heterocycles. The number of anilines is 2. The summed E-state index contributed by atoms with van der Waals surface area (Å²) in [6.45, 7) is 1.18. The molecule has 0 aliphatic carbocycles. The van der Waals surface area contributed by atoms with Gasteiger partial charge in [0, 0.05) is 17.6 Å². The van der Waals surface area contributed by atoms with Crippen LogP contribution in [0.3, 0.4) is 0 Å². The average Bonchev–Trinajstić information content (AvgIpc) is 2.55. The second kappa shape index (κ2) is 7.82. The van der Waals surface area contributed by atoms with Crippen LogP contribution >= 0.6 is 23.2 Å². The van der Waals surface area contributed by atoms with E-state index in [2.05, 4.69) is 5.32 Å². The molecule has 0 saturated heterocycles. The van der Waals surface area contributed by atoms with Crippen molar-refractivity contribution in [2.45, 2.75) is 6.92 Å². The molecular weight excluding hydrogens is 349 g/mol. The van der Waals surface area contributed by atoms with Crippen molar-refractivity contribution in [3.05, 3.63) is 58.1 Å². The summed E-state index contributed by atoms with van der Waals surface area (Å²) >= 11 is 11.8. The van der Waals surface area contributed by atoms with E-state index in [4.69, 9.17) is 28.5 Å². The molecule has 0 fully saturated rings. The predicted octanol–water partition coefficient (Wildman–Crippen LogP) is 3.86. The molecular formula is C17H13Cl2N3O2. The van der Waals surface area contributed by atoms with Gasteiger partial charge in [0.05, 0.1) is 22.3 Å². The SMILES string of the molecule is CC(=O)N(CC(=O)Nc1ccc(Cl)cc1Cl)c1ccc(C#N)cc1. The Morgan fingerprint density at radius 1 is 1.17 bits per heavy atom. The van der Waals surface area contributed by atoms with E-state index in [0.29, 0.717) is 27.0 Å². The second-order valence-electron chi connectivity index (χ2n) is 4.94. The van der Waals surface area contributed by atoms with Crippen LogP contribution in [0.2, 0.25) is 10.0 Å². The highest BCUT2D eigenvalue weighted by molar-refractivity contribution is 6.36. The van der Waals surface area contributed by atoms with E-state index >= 15 is 0 Å². The summed E-state index contributed by atoms with van der Waals surface area (Å²) < 4.78 is 0. The topological polar surface area (TPSA) is 73.2 Å². The quantitative estimate of drug-likeness (QED) is 0.898. The first-order chi connectivity index (χ1) is 11.4. The summed E-state index contributed by atoms with van der Waals surface area (Å²) in [5.74, 6) is -0.698. The van der Waals surface area contributed by atoms with E-state index < -0.39 is 5.91 Å². The van der Waals surface area contributed by atoms with E-state index in [1.165, 1.54) is 17.9 Å². The Labute approximate surface area is 149 Å². The molecule has 122 valence electrons. The van der Waals surface area contributed by atoms with Gasteiger partial charge in [0.1, 0.15) is 6.54 Å². The second-order valence-corrected chi connectivity index (χ2v) is 5.78. The maximum atomic E-state index is 12.2. The molecule has 0 aliphatic heterocycles. The van der Waals surface area contributed by atoms with Crippen LogP contribution in [0.25, 0.3) is 0 Å². The van der Waals surface area contributed by atoms with Gasteiger partial charge in [0.2, 0.25) is 11.8 Å². The molecule has 2 aromatic rings. The molecule has 0 saturated carbocycles. The third-order valence-corrected chi connectivity index (χ3v) is 3.74. The maximum Gasteiger partial charge on any atom is 0.244 e. The minimum Gasteiger partial charge on any atom is -0.323 e. The minimum atomic E-state index is -0.404. The number of nitriles is 1. The molecule has 0 aliphatic rings. The van der Waals surface area contributed by atoms with Gasteiger partial charge in [0.25, 0.3) is 0 Å². The van der Waals surface area contributed by atoms with Crippen molar-refractivity contribution in [1.82, 2.24) is 0 Å². The van der Waals surface area contributed by atoms with Crippen molar-refractivity contribution in [2.75, 3.05) is 16.8 Å². The van der Waals surface area contributed by atoms with E-state index in [-0.39, 0.29) is 12.5 Å². The molecule has 0 spiro atoms. The highest BCUT2D eigenvalue weighted by Crippen LogP contribution is 2.25. The highest BCUT2D eigenvalue weighted by atomic mass is 35.5. The van der Waals surface area contributed by atoms with Crippen molar-refractivity contribution in [1.29, 1.82) is 5.26 Å². The average molecular weight is 362 g/mol. The van der Waals surface area contributed by atoms with Crippen molar-refractivity contribution >= 4 is 46.4 Å². The standard InChI is InChI=1S/C17H13Cl2N3O2/c1-11(23)22(14-5-2-12(9-20)3-6-14)10-17(24)21-16-7-4-13(18)8-15(16)19/h2-8H,10H2,1H3,(H,21,24). The molecule has 0 heterocycles. The van der Waals surface area contributed by atoms with Crippen LogP contribution in [-0.4, -0.2) is 18.4 Å². The number of hydrogen-bond donors (Lipinski definition) is 1. The van der Waals surface area contributed by atoms with E-state index in [1.54, 1.807) is 36.4 Å². The first kappa shape index (κ1) is 17.8. The Bertz CT molecular complexity index is 814. The zero-order chi connectivity index (χ0) is 17.7. The zero-order valence-electron chi connectivity index (χ0n) is 12.7. The van der Waals surface area contributed by atoms with Crippen LogP contribution in [0.4, 0.5) is 11.4 Å². The van der Waals surface area contributed by atoms with Crippen molar-refractivity contribution < 1.29 is 9.59 Å². The van der Waals surface area contributed by atoms with Crippen molar-refractivity contribution in [3.63, 3.8) is 0 Å². The van der Waals surface area contributed by atoms with E-state index in [1.807, 2.05) is 6.07 Å². The number of carbonyl (C=O) groups excluding carboxylic acids is 2. The molecule has 0 unspecified atom stereocenters. The Hall–Kier alpha value is -2.55. The molecule has 2 aromatic carbocycles. The van der Waals surface area contributed by atoms with E-state index in [9.17, 15) is 9.59 Å². The van der Waals surface area contributed by atoms with E-state index in [0.717, 1.165) is 0 Å². The fourth-order valence-electron chi connectivity index (χ4n) is 2.02. The van der Waals surface area contributed by atoms with Crippen LogP contribution in [-0.2, 0) is 9.59 Å². The number of hydrogen-bond acceptors (Lipinski definition) is 3. The summed E-state index contributed by atoms with van der Waals surface area (Å²) in [5.41, 5.74) is 1.41. The Balaban J connectivity index is 2.13. The first-order valence-corrected chi connectivity index (χ1v) is 7.69. The van der Waals surface area contributed by atoms with Gasteiger partial charge in [0.15, 0.2) is 0 Å². The Morgan fingerprint density at radius 3 is 2.38 bits per heavy atom. The van der Waals surface area contributed by atoms with Crippen LogP contribution in [0.1, 0.15) is 12.5 Å². The van der Waals surface area contributed by atoms with Gasteiger partial charge in [-0.25, -0.2) is 0 Å². The predicted molar refractivity (Wildman–Crippen MR) is 94.3 cm³/mol. The normalized spacial score (nSPS) is 9.92. The molecule has 0 bridgehead atoms. The molecule has 1 N–H and O–H groups in total. The van der Waals surface area contributed by atoms with Crippen LogP contribution in [0.5, 0.6) is 0 Å². The fourth-order valence-corrected chi connectivity index (χ4v) is 2.48.